The number of rotatable bonds is 5. The second-order valence-corrected chi connectivity index (χ2v) is 8.21. The second kappa shape index (κ2) is 7.16. The number of unbranched alkanes of at least 4 members (excludes halogenated alkanes) is 1. The van der Waals surface area contributed by atoms with Crippen LogP contribution in [0.4, 0.5) is 15.8 Å². The lowest BCUT2D eigenvalue weighted by molar-refractivity contribution is 0.190. The van der Waals surface area contributed by atoms with Crippen molar-refractivity contribution in [1.82, 2.24) is 4.90 Å². The molecule has 0 unspecified atom stereocenters. The maximum absolute atomic E-state index is 13.0. The van der Waals surface area contributed by atoms with Gasteiger partial charge in [-0.2, -0.15) is 0 Å². The molecule has 0 radical (unpaired) electrons. The Labute approximate surface area is 161 Å². The smallest absolute Gasteiger partial charge is 0.123 e. The molecule has 4 heteroatoms. The normalized spacial score (nSPS) is 23.7. The average molecular weight is 365 g/mol. The molecule has 0 aliphatic carbocycles. The maximum atomic E-state index is 13.0. The Morgan fingerprint density at radius 1 is 1.04 bits per heavy atom. The Bertz CT molecular complexity index is 804. The standard InChI is InChI=1S/C23H28FN3/c24-18-9-7-17(8-10-18)4-1-2-13-26-14-11-22-20(16-26)19-5-3-6-21-23(19)27(22)15-12-25-21/h3,5-10,20,22,25H,1-2,4,11-16H2/t20-,22-/m0/s1. The van der Waals surface area contributed by atoms with E-state index in [0.29, 0.717) is 12.0 Å². The first-order valence-electron chi connectivity index (χ1n) is 10.4. The molecule has 0 spiro atoms. The van der Waals surface area contributed by atoms with Gasteiger partial charge in [-0.05, 0) is 61.6 Å². The Balaban J connectivity index is 1.18. The molecule has 0 aromatic heterocycles. The number of nitrogens with zero attached hydrogens (tertiary/aromatic N) is 2. The lowest BCUT2D eigenvalue weighted by atomic mass is 9.89. The summed E-state index contributed by atoms with van der Waals surface area (Å²) >= 11 is 0. The van der Waals surface area contributed by atoms with Crippen molar-refractivity contribution in [2.75, 3.05) is 42.9 Å². The molecule has 2 atom stereocenters. The van der Waals surface area contributed by atoms with Crippen LogP contribution in [0.25, 0.3) is 0 Å². The van der Waals surface area contributed by atoms with Crippen LogP contribution in [0.15, 0.2) is 42.5 Å². The van der Waals surface area contributed by atoms with E-state index in [9.17, 15) is 4.39 Å². The second-order valence-electron chi connectivity index (χ2n) is 8.21. The van der Waals surface area contributed by atoms with Crippen molar-refractivity contribution in [3.63, 3.8) is 0 Å². The van der Waals surface area contributed by atoms with Crippen molar-refractivity contribution in [2.24, 2.45) is 0 Å². The molecule has 0 saturated carbocycles. The lowest BCUT2D eigenvalue weighted by Gasteiger charge is -2.40. The third-order valence-electron chi connectivity index (χ3n) is 6.59. The van der Waals surface area contributed by atoms with Crippen LogP contribution in [0, 0.1) is 5.82 Å². The van der Waals surface area contributed by atoms with Crippen LogP contribution < -0.4 is 10.2 Å². The highest BCUT2D eigenvalue weighted by atomic mass is 19.1. The van der Waals surface area contributed by atoms with Crippen molar-refractivity contribution in [1.29, 1.82) is 0 Å². The molecule has 1 fully saturated rings. The minimum atomic E-state index is -0.144. The zero-order valence-corrected chi connectivity index (χ0v) is 15.8. The molecule has 3 aliphatic rings. The predicted octanol–water partition coefficient (Wildman–Crippen LogP) is 4.25. The molecular formula is C23H28FN3. The number of nitrogens with one attached hydrogen (secondary N) is 1. The number of anilines is 2. The summed E-state index contributed by atoms with van der Waals surface area (Å²) in [6.07, 6.45) is 4.71. The van der Waals surface area contributed by atoms with Crippen molar-refractivity contribution in [2.45, 2.75) is 37.6 Å². The number of halogens is 1. The van der Waals surface area contributed by atoms with Crippen LogP contribution in [0.5, 0.6) is 0 Å². The van der Waals surface area contributed by atoms with E-state index in [1.54, 1.807) is 17.7 Å². The van der Waals surface area contributed by atoms with Gasteiger partial charge < -0.3 is 15.1 Å². The monoisotopic (exact) mass is 365 g/mol. The number of piperidine rings is 1. The number of hydrogen-bond acceptors (Lipinski definition) is 3. The van der Waals surface area contributed by atoms with E-state index in [0.717, 1.165) is 19.5 Å². The first-order chi connectivity index (χ1) is 13.3. The first-order valence-corrected chi connectivity index (χ1v) is 10.4. The summed E-state index contributed by atoms with van der Waals surface area (Å²) in [6, 6.07) is 14.5. The molecule has 5 rings (SSSR count). The summed E-state index contributed by atoms with van der Waals surface area (Å²) in [4.78, 5) is 5.34. The maximum Gasteiger partial charge on any atom is 0.123 e. The molecule has 3 nitrogen and oxygen atoms in total. The fourth-order valence-electron chi connectivity index (χ4n) is 5.28. The van der Waals surface area contributed by atoms with Gasteiger partial charge in [-0.1, -0.05) is 24.3 Å². The van der Waals surface area contributed by atoms with E-state index in [2.05, 4.69) is 33.3 Å². The van der Waals surface area contributed by atoms with Gasteiger partial charge in [-0.25, -0.2) is 4.39 Å². The summed E-state index contributed by atoms with van der Waals surface area (Å²) in [7, 11) is 0. The van der Waals surface area contributed by atoms with Gasteiger partial charge in [0.05, 0.1) is 11.4 Å². The highest BCUT2D eigenvalue weighted by Gasteiger charge is 2.43. The lowest BCUT2D eigenvalue weighted by Crippen LogP contribution is -2.48. The molecule has 3 aliphatic heterocycles. The van der Waals surface area contributed by atoms with Gasteiger partial charge >= 0.3 is 0 Å². The van der Waals surface area contributed by atoms with Gasteiger partial charge in [-0.15, -0.1) is 0 Å². The molecule has 1 N–H and O–H groups in total. The van der Waals surface area contributed by atoms with Crippen LogP contribution in [-0.4, -0.2) is 43.7 Å². The number of aryl methyl sites for hydroxylation is 1. The zero-order chi connectivity index (χ0) is 18.2. The molecule has 142 valence electrons. The summed E-state index contributed by atoms with van der Waals surface area (Å²) in [5.74, 6) is 0.514. The molecule has 3 heterocycles. The molecule has 0 bridgehead atoms. The van der Waals surface area contributed by atoms with Gasteiger partial charge in [0, 0.05) is 38.1 Å². The fourth-order valence-corrected chi connectivity index (χ4v) is 5.28. The third kappa shape index (κ3) is 3.20. The topological polar surface area (TPSA) is 18.5 Å². The van der Waals surface area contributed by atoms with Gasteiger partial charge in [0.2, 0.25) is 0 Å². The summed E-state index contributed by atoms with van der Waals surface area (Å²) in [5.41, 5.74) is 5.62. The summed E-state index contributed by atoms with van der Waals surface area (Å²) in [5, 5.41) is 3.58. The third-order valence-corrected chi connectivity index (χ3v) is 6.59. The molecule has 1 saturated heterocycles. The van der Waals surface area contributed by atoms with E-state index in [4.69, 9.17) is 0 Å². The van der Waals surface area contributed by atoms with E-state index < -0.39 is 0 Å². The SMILES string of the molecule is Fc1ccc(CCCCN2CC[C@H]3[C@@H](C2)c2cccc4c2N3CCN4)cc1. The van der Waals surface area contributed by atoms with Crippen LogP contribution in [-0.2, 0) is 6.42 Å². The van der Waals surface area contributed by atoms with E-state index in [-0.39, 0.29) is 5.82 Å². The zero-order valence-electron chi connectivity index (χ0n) is 15.8. The van der Waals surface area contributed by atoms with E-state index in [1.165, 1.54) is 55.8 Å². The van der Waals surface area contributed by atoms with Gasteiger partial charge in [0.15, 0.2) is 0 Å². The van der Waals surface area contributed by atoms with Gasteiger partial charge in [0.1, 0.15) is 5.82 Å². The first kappa shape index (κ1) is 17.1. The minimum absolute atomic E-state index is 0.144. The number of para-hydroxylation sites is 1. The predicted molar refractivity (Wildman–Crippen MR) is 109 cm³/mol. The van der Waals surface area contributed by atoms with Crippen LogP contribution in [0.1, 0.15) is 36.3 Å². The Kier molecular flexibility index (Phi) is 4.52. The highest BCUT2D eigenvalue weighted by Crippen LogP contribution is 2.49. The van der Waals surface area contributed by atoms with E-state index in [1.807, 2.05) is 12.1 Å². The summed E-state index contributed by atoms with van der Waals surface area (Å²) < 4.78 is 13.0. The molecule has 2 aromatic rings. The highest BCUT2D eigenvalue weighted by molar-refractivity contribution is 5.80. The minimum Gasteiger partial charge on any atom is -0.382 e. The fraction of sp³-hybridized carbons (Fsp3) is 0.478. The number of benzene rings is 2. The van der Waals surface area contributed by atoms with Crippen LogP contribution >= 0.6 is 0 Å². The van der Waals surface area contributed by atoms with Gasteiger partial charge in [0.25, 0.3) is 0 Å². The Morgan fingerprint density at radius 3 is 2.81 bits per heavy atom. The molecule has 0 amide bonds. The largest absolute Gasteiger partial charge is 0.382 e. The number of hydrogen-bond donors (Lipinski definition) is 1. The van der Waals surface area contributed by atoms with Crippen molar-refractivity contribution in [3.8, 4) is 0 Å². The van der Waals surface area contributed by atoms with Crippen molar-refractivity contribution in [3.05, 3.63) is 59.4 Å². The molecule has 2 aromatic carbocycles. The molecule has 27 heavy (non-hydrogen) atoms. The Hall–Kier alpha value is -2.07. The van der Waals surface area contributed by atoms with Crippen molar-refractivity contribution >= 4 is 11.4 Å². The quantitative estimate of drug-likeness (QED) is 0.799. The van der Waals surface area contributed by atoms with Crippen molar-refractivity contribution < 1.29 is 4.39 Å². The van der Waals surface area contributed by atoms with E-state index >= 15 is 0 Å². The van der Waals surface area contributed by atoms with Crippen LogP contribution in [0.2, 0.25) is 0 Å². The average Bonchev–Trinajstić information content (AvgIpc) is 3.02. The van der Waals surface area contributed by atoms with Gasteiger partial charge in [-0.3, -0.25) is 0 Å². The number of likely N-dealkylation sites (tertiary alicyclic amines) is 1. The Morgan fingerprint density at radius 2 is 1.93 bits per heavy atom. The van der Waals surface area contributed by atoms with Crippen LogP contribution in [0.3, 0.4) is 0 Å². The number of fused-ring (bicyclic) bond motifs is 3. The molecular weight excluding hydrogens is 337 g/mol. The summed E-state index contributed by atoms with van der Waals surface area (Å²) in [6.45, 7) is 5.78.